The van der Waals surface area contributed by atoms with Crippen LogP contribution >= 0.6 is 0 Å². The van der Waals surface area contributed by atoms with E-state index in [9.17, 15) is 5.26 Å². The van der Waals surface area contributed by atoms with E-state index >= 15 is 0 Å². The maximum atomic E-state index is 9.24. The molecule has 0 spiro atoms. The fraction of sp³-hybridized carbons (Fsp3) is 0.368. The van der Waals surface area contributed by atoms with Gasteiger partial charge in [0.05, 0.1) is 24.1 Å². The highest BCUT2D eigenvalue weighted by Gasteiger charge is 2.22. The van der Waals surface area contributed by atoms with Gasteiger partial charge in [-0.2, -0.15) is 5.26 Å². The standard InChI is InChI=1S/C19H20N6O/c1-14-12-25-17(22-14)4-5-18(23-25)26-13-15-6-9-24(10-7-15)19-16(11-20)3-2-8-21-19/h2-5,8,12,15H,6-7,9-10,13H2,1H3. The zero-order chi connectivity index (χ0) is 17.9. The van der Waals surface area contributed by atoms with Gasteiger partial charge >= 0.3 is 0 Å². The molecule has 132 valence electrons. The van der Waals surface area contributed by atoms with Crippen molar-refractivity contribution in [3.8, 4) is 11.9 Å². The predicted octanol–water partition coefficient (Wildman–Crippen LogP) is 2.60. The number of hydrogen-bond acceptors (Lipinski definition) is 6. The molecule has 26 heavy (non-hydrogen) atoms. The molecule has 4 heterocycles. The van der Waals surface area contributed by atoms with E-state index in [2.05, 4.69) is 26.0 Å². The molecule has 1 aliphatic rings. The van der Waals surface area contributed by atoms with Crippen molar-refractivity contribution in [2.24, 2.45) is 5.92 Å². The lowest BCUT2D eigenvalue weighted by molar-refractivity contribution is 0.213. The minimum Gasteiger partial charge on any atom is -0.476 e. The number of pyridine rings is 1. The number of piperidine rings is 1. The molecule has 0 aliphatic carbocycles. The average Bonchev–Trinajstić information content (AvgIpc) is 3.06. The van der Waals surface area contributed by atoms with Gasteiger partial charge in [-0.1, -0.05) is 0 Å². The molecule has 1 aliphatic heterocycles. The molecular formula is C19H20N6O. The Morgan fingerprint density at radius 3 is 2.92 bits per heavy atom. The zero-order valence-corrected chi connectivity index (χ0v) is 14.7. The van der Waals surface area contributed by atoms with Crippen LogP contribution in [-0.4, -0.2) is 39.3 Å². The second kappa shape index (κ2) is 7.00. The number of aromatic nitrogens is 4. The number of nitrogens with zero attached hydrogens (tertiary/aromatic N) is 6. The highest BCUT2D eigenvalue weighted by molar-refractivity contribution is 5.53. The van der Waals surface area contributed by atoms with Gasteiger partial charge in [0.25, 0.3) is 0 Å². The van der Waals surface area contributed by atoms with Crippen LogP contribution in [0.2, 0.25) is 0 Å². The number of anilines is 1. The van der Waals surface area contributed by atoms with E-state index in [0.29, 0.717) is 24.0 Å². The minimum absolute atomic E-state index is 0.475. The maximum absolute atomic E-state index is 9.24. The summed E-state index contributed by atoms with van der Waals surface area (Å²) >= 11 is 0. The molecule has 4 rings (SSSR count). The van der Waals surface area contributed by atoms with Crippen LogP contribution in [0.4, 0.5) is 5.82 Å². The van der Waals surface area contributed by atoms with Crippen LogP contribution in [0.5, 0.6) is 5.88 Å². The van der Waals surface area contributed by atoms with Crippen molar-refractivity contribution in [3.63, 3.8) is 0 Å². The van der Waals surface area contributed by atoms with Crippen molar-refractivity contribution in [1.82, 2.24) is 19.6 Å². The van der Waals surface area contributed by atoms with Crippen molar-refractivity contribution in [2.45, 2.75) is 19.8 Å². The molecule has 3 aromatic heterocycles. The highest BCUT2D eigenvalue weighted by atomic mass is 16.5. The zero-order valence-electron chi connectivity index (χ0n) is 14.7. The second-order valence-corrected chi connectivity index (χ2v) is 6.58. The van der Waals surface area contributed by atoms with Gasteiger partial charge in [0.2, 0.25) is 5.88 Å². The Bertz CT molecular complexity index is 952. The van der Waals surface area contributed by atoms with Crippen LogP contribution < -0.4 is 9.64 Å². The molecule has 0 atom stereocenters. The lowest BCUT2D eigenvalue weighted by Crippen LogP contribution is -2.36. The molecule has 0 bridgehead atoms. The van der Waals surface area contributed by atoms with Crippen molar-refractivity contribution >= 4 is 11.5 Å². The average molecular weight is 348 g/mol. The van der Waals surface area contributed by atoms with Crippen LogP contribution in [0.3, 0.4) is 0 Å². The van der Waals surface area contributed by atoms with Crippen LogP contribution in [-0.2, 0) is 0 Å². The minimum atomic E-state index is 0.475. The normalized spacial score (nSPS) is 15.2. The van der Waals surface area contributed by atoms with Gasteiger partial charge < -0.3 is 9.64 Å². The maximum Gasteiger partial charge on any atom is 0.231 e. The molecule has 1 fully saturated rings. The number of aryl methyl sites for hydroxylation is 1. The van der Waals surface area contributed by atoms with Crippen molar-refractivity contribution < 1.29 is 4.74 Å². The molecule has 0 aromatic carbocycles. The summed E-state index contributed by atoms with van der Waals surface area (Å²) in [6.45, 7) is 4.36. The monoisotopic (exact) mass is 348 g/mol. The first-order valence-electron chi connectivity index (χ1n) is 8.79. The van der Waals surface area contributed by atoms with Crippen LogP contribution in [0.1, 0.15) is 24.1 Å². The van der Waals surface area contributed by atoms with Gasteiger partial charge in [0, 0.05) is 25.4 Å². The molecule has 0 unspecified atom stereocenters. The van der Waals surface area contributed by atoms with Crippen molar-refractivity contribution in [3.05, 3.63) is 47.9 Å². The molecule has 1 saturated heterocycles. The van der Waals surface area contributed by atoms with E-state index in [1.807, 2.05) is 31.3 Å². The SMILES string of the molecule is Cc1cn2nc(OCC3CCN(c4ncccc4C#N)CC3)ccc2n1. The van der Waals surface area contributed by atoms with Crippen molar-refractivity contribution in [2.75, 3.05) is 24.6 Å². The van der Waals surface area contributed by atoms with Crippen LogP contribution in [0.25, 0.3) is 5.65 Å². The van der Waals surface area contributed by atoms with Gasteiger partial charge in [0.1, 0.15) is 11.9 Å². The number of rotatable bonds is 4. The Kier molecular flexibility index (Phi) is 4.40. The van der Waals surface area contributed by atoms with Crippen molar-refractivity contribution in [1.29, 1.82) is 5.26 Å². The van der Waals surface area contributed by atoms with Gasteiger partial charge in [0.15, 0.2) is 5.65 Å². The quantitative estimate of drug-likeness (QED) is 0.721. The van der Waals surface area contributed by atoms with E-state index in [1.165, 1.54) is 0 Å². The summed E-state index contributed by atoms with van der Waals surface area (Å²) in [5.74, 6) is 1.88. The predicted molar refractivity (Wildman–Crippen MR) is 97.1 cm³/mol. The van der Waals surface area contributed by atoms with E-state index in [0.717, 1.165) is 43.1 Å². The summed E-state index contributed by atoms with van der Waals surface area (Å²) in [6.07, 6.45) is 5.65. The fourth-order valence-corrected chi connectivity index (χ4v) is 3.31. The molecule has 3 aromatic rings. The Hall–Kier alpha value is -3.14. The third-order valence-corrected chi connectivity index (χ3v) is 4.70. The Balaban J connectivity index is 1.34. The first kappa shape index (κ1) is 16.3. The Morgan fingerprint density at radius 1 is 1.27 bits per heavy atom. The van der Waals surface area contributed by atoms with E-state index in [4.69, 9.17) is 4.74 Å². The summed E-state index contributed by atoms with van der Waals surface area (Å²) in [6, 6.07) is 9.62. The van der Waals surface area contributed by atoms with Gasteiger partial charge in [-0.25, -0.2) is 14.5 Å². The van der Waals surface area contributed by atoms with E-state index in [1.54, 1.807) is 16.8 Å². The number of hydrogen-bond donors (Lipinski definition) is 0. The van der Waals surface area contributed by atoms with Crippen LogP contribution in [0.15, 0.2) is 36.7 Å². The smallest absolute Gasteiger partial charge is 0.231 e. The first-order valence-corrected chi connectivity index (χ1v) is 8.79. The summed E-state index contributed by atoms with van der Waals surface area (Å²) in [5.41, 5.74) is 2.40. The summed E-state index contributed by atoms with van der Waals surface area (Å²) in [4.78, 5) is 10.9. The summed E-state index contributed by atoms with van der Waals surface area (Å²) in [5, 5.41) is 13.7. The molecule has 7 nitrogen and oxygen atoms in total. The molecule has 0 N–H and O–H groups in total. The topological polar surface area (TPSA) is 79.3 Å². The Labute approximate surface area is 151 Å². The summed E-state index contributed by atoms with van der Waals surface area (Å²) in [7, 11) is 0. The number of imidazole rings is 1. The van der Waals surface area contributed by atoms with Gasteiger partial charge in [-0.3, -0.25) is 0 Å². The van der Waals surface area contributed by atoms with Gasteiger partial charge in [-0.05, 0) is 43.9 Å². The Morgan fingerprint density at radius 2 is 2.12 bits per heavy atom. The first-order chi connectivity index (χ1) is 12.7. The number of fused-ring (bicyclic) bond motifs is 1. The largest absolute Gasteiger partial charge is 0.476 e. The van der Waals surface area contributed by atoms with Gasteiger partial charge in [-0.15, -0.1) is 5.10 Å². The third kappa shape index (κ3) is 3.31. The number of ether oxygens (including phenoxy) is 1. The lowest BCUT2D eigenvalue weighted by Gasteiger charge is -2.32. The third-order valence-electron chi connectivity index (χ3n) is 4.70. The number of nitriles is 1. The van der Waals surface area contributed by atoms with E-state index < -0.39 is 0 Å². The molecular weight excluding hydrogens is 328 g/mol. The molecule has 0 amide bonds. The molecule has 0 radical (unpaired) electrons. The fourth-order valence-electron chi connectivity index (χ4n) is 3.31. The lowest BCUT2D eigenvalue weighted by atomic mass is 9.97. The second-order valence-electron chi connectivity index (χ2n) is 6.58. The van der Waals surface area contributed by atoms with Crippen LogP contribution in [0, 0.1) is 24.2 Å². The summed E-state index contributed by atoms with van der Waals surface area (Å²) < 4.78 is 7.65. The van der Waals surface area contributed by atoms with E-state index in [-0.39, 0.29) is 0 Å². The molecule has 0 saturated carbocycles. The molecule has 7 heteroatoms. The highest BCUT2D eigenvalue weighted by Crippen LogP contribution is 2.24.